The van der Waals surface area contributed by atoms with E-state index in [9.17, 15) is 4.79 Å². The average Bonchev–Trinajstić information content (AvgIpc) is 3.19. The number of thiophene rings is 1. The van der Waals surface area contributed by atoms with E-state index < -0.39 is 6.04 Å². The number of nitrogens with one attached hydrogen (secondary N) is 1. The highest BCUT2D eigenvalue weighted by Crippen LogP contribution is 2.39. The molecule has 0 fully saturated rings. The standard InChI is InChI=1S/C21H23ClN6OS/c1-11-12(2)30-21-18(11)19(14-4-6-15(22)7-5-14)25-16(10-17(29)24-9-8-23)20-27-26-13(3)28(20)21/h4-7,16H,8-10,23H2,1-3H3,(H,24,29)/t16-/m1/s1. The minimum absolute atomic E-state index is 0.116. The smallest absolute Gasteiger partial charge is 0.222 e. The number of benzene rings is 1. The molecule has 0 bridgehead atoms. The van der Waals surface area contributed by atoms with E-state index in [2.05, 4.69) is 29.4 Å². The van der Waals surface area contributed by atoms with Gasteiger partial charge in [0, 0.05) is 34.1 Å². The second kappa shape index (κ2) is 8.29. The molecular formula is C21H23ClN6OS. The fourth-order valence-corrected chi connectivity index (χ4v) is 4.93. The average molecular weight is 443 g/mol. The zero-order chi connectivity index (χ0) is 21.4. The van der Waals surface area contributed by atoms with Gasteiger partial charge < -0.3 is 11.1 Å². The summed E-state index contributed by atoms with van der Waals surface area (Å²) in [4.78, 5) is 18.8. The lowest BCUT2D eigenvalue weighted by Gasteiger charge is -2.13. The Morgan fingerprint density at radius 1 is 1.23 bits per heavy atom. The number of rotatable bonds is 5. The number of hydrogen-bond acceptors (Lipinski definition) is 6. The predicted molar refractivity (Wildman–Crippen MR) is 120 cm³/mol. The van der Waals surface area contributed by atoms with Gasteiger partial charge in [0.05, 0.1) is 12.1 Å². The lowest BCUT2D eigenvalue weighted by molar-refractivity contribution is -0.121. The third-order valence-electron chi connectivity index (χ3n) is 5.20. The molecule has 1 aromatic carbocycles. The first-order valence-electron chi connectivity index (χ1n) is 9.73. The second-order valence-corrected chi connectivity index (χ2v) is 8.89. The van der Waals surface area contributed by atoms with Crippen LogP contribution >= 0.6 is 22.9 Å². The molecule has 0 unspecified atom stereocenters. The molecule has 0 aliphatic carbocycles. The van der Waals surface area contributed by atoms with Crippen molar-refractivity contribution in [1.29, 1.82) is 0 Å². The number of nitrogens with two attached hydrogens (primary N) is 1. The summed E-state index contributed by atoms with van der Waals surface area (Å²) < 4.78 is 2.04. The molecule has 3 aromatic rings. The van der Waals surface area contributed by atoms with E-state index in [-0.39, 0.29) is 12.3 Å². The zero-order valence-corrected chi connectivity index (χ0v) is 18.6. The highest BCUT2D eigenvalue weighted by Gasteiger charge is 2.32. The lowest BCUT2D eigenvalue weighted by Crippen LogP contribution is -2.30. The molecule has 30 heavy (non-hydrogen) atoms. The van der Waals surface area contributed by atoms with Crippen molar-refractivity contribution in [2.24, 2.45) is 10.7 Å². The van der Waals surface area contributed by atoms with Crippen LogP contribution in [0.5, 0.6) is 0 Å². The molecule has 4 rings (SSSR count). The van der Waals surface area contributed by atoms with Crippen molar-refractivity contribution in [2.45, 2.75) is 33.2 Å². The molecule has 1 aliphatic rings. The Labute approximate surface area is 184 Å². The summed E-state index contributed by atoms with van der Waals surface area (Å²) in [7, 11) is 0. The quantitative estimate of drug-likeness (QED) is 0.633. The predicted octanol–water partition coefficient (Wildman–Crippen LogP) is 3.26. The van der Waals surface area contributed by atoms with Crippen LogP contribution in [0.15, 0.2) is 29.3 Å². The molecule has 9 heteroatoms. The number of amides is 1. The molecule has 0 spiro atoms. The topological polar surface area (TPSA) is 98.2 Å². The SMILES string of the molecule is Cc1sc2c(c1C)C(c1ccc(Cl)cc1)=N[C@H](CC(=O)NCCN)c1nnc(C)n1-2. The zero-order valence-electron chi connectivity index (χ0n) is 17.1. The normalized spacial score (nSPS) is 15.2. The first-order chi connectivity index (χ1) is 14.4. The Morgan fingerprint density at radius 3 is 2.67 bits per heavy atom. The fraction of sp³-hybridized carbons (Fsp3) is 0.333. The molecule has 7 nitrogen and oxygen atoms in total. The van der Waals surface area contributed by atoms with E-state index >= 15 is 0 Å². The minimum atomic E-state index is -0.464. The number of aliphatic imine (C=N–C) groups is 1. The van der Waals surface area contributed by atoms with Crippen LogP contribution in [0.4, 0.5) is 0 Å². The summed E-state index contributed by atoms with van der Waals surface area (Å²) in [5, 5.41) is 13.2. The van der Waals surface area contributed by atoms with Crippen LogP contribution in [0.2, 0.25) is 5.02 Å². The molecular weight excluding hydrogens is 420 g/mol. The van der Waals surface area contributed by atoms with Crippen LogP contribution in [-0.2, 0) is 4.79 Å². The highest BCUT2D eigenvalue weighted by atomic mass is 35.5. The largest absolute Gasteiger partial charge is 0.355 e. The number of aryl methyl sites for hydroxylation is 2. The van der Waals surface area contributed by atoms with Crippen LogP contribution in [0.25, 0.3) is 5.00 Å². The molecule has 1 atom stereocenters. The van der Waals surface area contributed by atoms with Gasteiger partial charge in [0.2, 0.25) is 5.91 Å². The molecule has 0 saturated heterocycles. The van der Waals surface area contributed by atoms with E-state index in [0.717, 1.165) is 33.2 Å². The molecule has 156 valence electrons. The third-order valence-corrected chi connectivity index (χ3v) is 6.65. The van der Waals surface area contributed by atoms with Crippen LogP contribution in [0, 0.1) is 20.8 Å². The van der Waals surface area contributed by atoms with Gasteiger partial charge in [-0.15, -0.1) is 21.5 Å². The number of halogens is 1. The summed E-state index contributed by atoms with van der Waals surface area (Å²) in [6.07, 6.45) is 0.169. The van der Waals surface area contributed by atoms with E-state index in [1.54, 1.807) is 11.3 Å². The van der Waals surface area contributed by atoms with Gasteiger partial charge in [-0.05, 0) is 38.5 Å². The van der Waals surface area contributed by atoms with Crippen molar-refractivity contribution in [3.63, 3.8) is 0 Å². The maximum Gasteiger partial charge on any atom is 0.222 e. The van der Waals surface area contributed by atoms with Gasteiger partial charge in [-0.25, -0.2) is 0 Å². The van der Waals surface area contributed by atoms with E-state index in [4.69, 9.17) is 22.3 Å². The Hall–Kier alpha value is -2.55. The summed E-state index contributed by atoms with van der Waals surface area (Å²) in [6, 6.07) is 7.16. The molecule has 1 aliphatic heterocycles. The molecule has 2 aromatic heterocycles. The van der Waals surface area contributed by atoms with Crippen LogP contribution < -0.4 is 11.1 Å². The first kappa shape index (κ1) is 20.7. The van der Waals surface area contributed by atoms with Crippen molar-refractivity contribution in [1.82, 2.24) is 20.1 Å². The Kier molecular flexibility index (Phi) is 5.73. The van der Waals surface area contributed by atoms with Gasteiger partial charge in [0.25, 0.3) is 0 Å². The maximum atomic E-state index is 12.5. The Morgan fingerprint density at radius 2 is 1.97 bits per heavy atom. The molecule has 0 radical (unpaired) electrons. The number of nitrogens with zero attached hydrogens (tertiary/aromatic N) is 4. The Bertz CT molecular complexity index is 1130. The van der Waals surface area contributed by atoms with Gasteiger partial charge in [-0.2, -0.15) is 0 Å². The summed E-state index contributed by atoms with van der Waals surface area (Å²) in [5.41, 5.74) is 9.52. The van der Waals surface area contributed by atoms with Crippen LogP contribution in [0.1, 0.15) is 45.7 Å². The molecule has 1 amide bonds. The van der Waals surface area contributed by atoms with Gasteiger partial charge >= 0.3 is 0 Å². The van der Waals surface area contributed by atoms with Crippen molar-refractivity contribution in [2.75, 3.05) is 13.1 Å². The molecule has 3 heterocycles. The summed E-state index contributed by atoms with van der Waals surface area (Å²) in [5.74, 6) is 1.32. The van der Waals surface area contributed by atoms with Gasteiger partial charge in [-0.3, -0.25) is 14.4 Å². The van der Waals surface area contributed by atoms with Crippen molar-refractivity contribution < 1.29 is 4.79 Å². The number of hydrogen-bond donors (Lipinski definition) is 2. The summed E-state index contributed by atoms with van der Waals surface area (Å²) >= 11 is 7.80. The third kappa shape index (κ3) is 3.66. The van der Waals surface area contributed by atoms with Gasteiger partial charge in [0.15, 0.2) is 5.82 Å². The van der Waals surface area contributed by atoms with Crippen LogP contribution in [-0.4, -0.2) is 39.5 Å². The summed E-state index contributed by atoms with van der Waals surface area (Å²) in [6.45, 7) is 6.94. The number of carbonyl (C=O) groups is 1. The minimum Gasteiger partial charge on any atom is -0.355 e. The van der Waals surface area contributed by atoms with E-state index in [1.165, 1.54) is 4.88 Å². The first-order valence-corrected chi connectivity index (χ1v) is 10.9. The lowest BCUT2D eigenvalue weighted by atomic mass is 9.99. The van der Waals surface area contributed by atoms with Crippen molar-refractivity contribution in [3.05, 3.63) is 62.5 Å². The fourth-order valence-electron chi connectivity index (χ4n) is 3.59. The molecule has 3 N–H and O–H groups in total. The van der Waals surface area contributed by atoms with E-state index in [1.807, 2.05) is 35.8 Å². The van der Waals surface area contributed by atoms with Gasteiger partial charge in [-0.1, -0.05) is 23.7 Å². The number of aromatic nitrogens is 3. The highest BCUT2D eigenvalue weighted by molar-refractivity contribution is 7.15. The van der Waals surface area contributed by atoms with Crippen molar-refractivity contribution in [3.8, 4) is 5.00 Å². The van der Waals surface area contributed by atoms with Crippen LogP contribution in [0.3, 0.4) is 0 Å². The monoisotopic (exact) mass is 442 g/mol. The molecule has 0 saturated carbocycles. The number of carbonyl (C=O) groups excluding carboxylic acids is 1. The second-order valence-electron chi connectivity index (χ2n) is 7.25. The maximum absolute atomic E-state index is 12.5. The van der Waals surface area contributed by atoms with Crippen molar-refractivity contribution >= 4 is 34.6 Å². The van der Waals surface area contributed by atoms with Gasteiger partial charge in [0.1, 0.15) is 16.9 Å². The number of fused-ring (bicyclic) bond motifs is 3. The Balaban J connectivity index is 1.91. The van der Waals surface area contributed by atoms with E-state index in [0.29, 0.717) is 23.9 Å².